The Balaban J connectivity index is 1.51. The first-order valence-corrected chi connectivity index (χ1v) is 9.34. The molecular weight excluding hydrogens is 398 g/mol. The summed E-state index contributed by atoms with van der Waals surface area (Å²) in [6.07, 6.45) is 3.02. The van der Waals surface area contributed by atoms with E-state index in [4.69, 9.17) is 4.74 Å². The van der Waals surface area contributed by atoms with Crippen molar-refractivity contribution in [2.24, 2.45) is 0 Å². The molecular formula is C22H21N5O4. The SMILES string of the molecule is COc1ccccc1NCC(=O)NNC(=O)c1cccc(NC(=O)c2cccnc2)c1. The van der Waals surface area contributed by atoms with Crippen LogP contribution in [0.4, 0.5) is 11.4 Å². The maximum atomic E-state index is 12.3. The Morgan fingerprint density at radius 1 is 0.903 bits per heavy atom. The summed E-state index contributed by atoms with van der Waals surface area (Å²) < 4.78 is 5.20. The van der Waals surface area contributed by atoms with Crippen LogP contribution in [0.1, 0.15) is 20.7 Å². The Labute approximate surface area is 178 Å². The fourth-order valence-corrected chi connectivity index (χ4v) is 2.65. The first-order valence-electron chi connectivity index (χ1n) is 9.34. The van der Waals surface area contributed by atoms with Gasteiger partial charge < -0.3 is 15.4 Å². The number of methoxy groups -OCH3 is 1. The number of rotatable bonds is 7. The van der Waals surface area contributed by atoms with E-state index in [1.807, 2.05) is 12.1 Å². The molecule has 1 heterocycles. The van der Waals surface area contributed by atoms with Gasteiger partial charge in [0.1, 0.15) is 5.75 Å². The fraction of sp³-hybridized carbons (Fsp3) is 0.0909. The van der Waals surface area contributed by atoms with Crippen molar-refractivity contribution >= 4 is 29.1 Å². The molecule has 0 atom stereocenters. The van der Waals surface area contributed by atoms with Gasteiger partial charge in [-0.3, -0.25) is 30.2 Å². The highest BCUT2D eigenvalue weighted by Gasteiger charge is 2.11. The third-order valence-corrected chi connectivity index (χ3v) is 4.17. The number of nitrogens with one attached hydrogen (secondary N) is 4. The number of pyridine rings is 1. The number of benzene rings is 2. The number of nitrogens with zero attached hydrogens (tertiary/aromatic N) is 1. The zero-order chi connectivity index (χ0) is 22.1. The summed E-state index contributed by atoms with van der Waals surface area (Å²) >= 11 is 0. The molecule has 0 unspecified atom stereocenters. The normalized spacial score (nSPS) is 9.97. The van der Waals surface area contributed by atoms with Crippen molar-refractivity contribution in [1.29, 1.82) is 0 Å². The van der Waals surface area contributed by atoms with E-state index in [0.29, 0.717) is 22.7 Å². The number of para-hydroxylation sites is 2. The third-order valence-electron chi connectivity index (χ3n) is 4.17. The molecule has 0 saturated heterocycles. The van der Waals surface area contributed by atoms with Crippen LogP contribution in [0.5, 0.6) is 5.75 Å². The molecule has 0 fully saturated rings. The maximum Gasteiger partial charge on any atom is 0.269 e. The van der Waals surface area contributed by atoms with Crippen molar-refractivity contribution in [2.45, 2.75) is 0 Å². The molecule has 0 aliphatic carbocycles. The molecule has 3 rings (SSSR count). The average Bonchev–Trinajstić information content (AvgIpc) is 2.82. The number of hydrogen-bond acceptors (Lipinski definition) is 6. The van der Waals surface area contributed by atoms with Gasteiger partial charge in [-0.25, -0.2) is 0 Å². The predicted octanol–water partition coefficient (Wildman–Crippen LogP) is 2.22. The van der Waals surface area contributed by atoms with E-state index in [1.165, 1.54) is 19.4 Å². The summed E-state index contributed by atoms with van der Waals surface area (Å²) in [5.41, 5.74) is 6.43. The molecule has 2 aromatic carbocycles. The molecule has 3 amide bonds. The molecule has 0 saturated carbocycles. The quantitative estimate of drug-likeness (QED) is 0.436. The van der Waals surface area contributed by atoms with Gasteiger partial charge >= 0.3 is 0 Å². The number of amides is 3. The summed E-state index contributed by atoms with van der Waals surface area (Å²) in [5, 5.41) is 5.63. The lowest BCUT2D eigenvalue weighted by Gasteiger charge is -2.12. The van der Waals surface area contributed by atoms with Crippen LogP contribution in [-0.4, -0.2) is 36.4 Å². The number of hydrogen-bond donors (Lipinski definition) is 4. The van der Waals surface area contributed by atoms with Crippen molar-refractivity contribution in [1.82, 2.24) is 15.8 Å². The number of hydrazine groups is 1. The van der Waals surface area contributed by atoms with Gasteiger partial charge in [-0.05, 0) is 42.5 Å². The molecule has 158 valence electrons. The van der Waals surface area contributed by atoms with Crippen LogP contribution in [0, 0.1) is 0 Å². The zero-order valence-electron chi connectivity index (χ0n) is 16.7. The molecule has 3 aromatic rings. The molecule has 0 aliphatic heterocycles. The van der Waals surface area contributed by atoms with Gasteiger partial charge in [0.2, 0.25) is 0 Å². The van der Waals surface area contributed by atoms with E-state index in [1.54, 1.807) is 48.7 Å². The minimum Gasteiger partial charge on any atom is -0.495 e. The maximum absolute atomic E-state index is 12.3. The molecule has 31 heavy (non-hydrogen) atoms. The first kappa shape index (κ1) is 21.3. The van der Waals surface area contributed by atoms with Crippen LogP contribution in [0.3, 0.4) is 0 Å². The van der Waals surface area contributed by atoms with Crippen LogP contribution < -0.4 is 26.2 Å². The van der Waals surface area contributed by atoms with Gasteiger partial charge in [0.05, 0.1) is 24.9 Å². The summed E-state index contributed by atoms with van der Waals surface area (Å²) in [4.78, 5) is 40.5. The van der Waals surface area contributed by atoms with Crippen LogP contribution in [0.25, 0.3) is 0 Å². The first-order chi connectivity index (χ1) is 15.1. The van der Waals surface area contributed by atoms with Gasteiger partial charge in [0, 0.05) is 23.6 Å². The molecule has 0 bridgehead atoms. The average molecular weight is 419 g/mol. The van der Waals surface area contributed by atoms with Gasteiger partial charge in [0.25, 0.3) is 17.7 Å². The van der Waals surface area contributed by atoms with Crippen LogP contribution in [-0.2, 0) is 4.79 Å². The molecule has 9 heteroatoms. The molecule has 0 aliphatic rings. The van der Waals surface area contributed by atoms with Gasteiger partial charge in [-0.15, -0.1) is 0 Å². The lowest BCUT2D eigenvalue weighted by atomic mass is 10.2. The highest BCUT2D eigenvalue weighted by molar-refractivity contribution is 6.05. The highest BCUT2D eigenvalue weighted by atomic mass is 16.5. The minimum atomic E-state index is -0.525. The van der Waals surface area contributed by atoms with Crippen LogP contribution in [0.15, 0.2) is 73.1 Å². The molecule has 0 radical (unpaired) electrons. The van der Waals surface area contributed by atoms with Crippen molar-refractivity contribution in [3.63, 3.8) is 0 Å². The lowest BCUT2D eigenvalue weighted by Crippen LogP contribution is -2.44. The number of ether oxygens (including phenoxy) is 1. The Hall–Kier alpha value is -4.40. The lowest BCUT2D eigenvalue weighted by molar-refractivity contribution is -0.120. The Bertz CT molecular complexity index is 1070. The van der Waals surface area contributed by atoms with Crippen LogP contribution >= 0.6 is 0 Å². The molecule has 9 nitrogen and oxygen atoms in total. The monoisotopic (exact) mass is 419 g/mol. The Kier molecular flexibility index (Phi) is 7.15. The van der Waals surface area contributed by atoms with Gasteiger partial charge in [-0.1, -0.05) is 18.2 Å². The highest BCUT2D eigenvalue weighted by Crippen LogP contribution is 2.22. The predicted molar refractivity (Wildman–Crippen MR) is 116 cm³/mol. The van der Waals surface area contributed by atoms with E-state index in [0.717, 1.165) is 0 Å². The largest absolute Gasteiger partial charge is 0.495 e. The number of carbonyl (C=O) groups is 3. The minimum absolute atomic E-state index is 0.0676. The van der Waals surface area contributed by atoms with E-state index in [-0.39, 0.29) is 18.0 Å². The van der Waals surface area contributed by atoms with E-state index in [2.05, 4.69) is 26.5 Å². The Morgan fingerprint density at radius 2 is 1.71 bits per heavy atom. The van der Waals surface area contributed by atoms with E-state index >= 15 is 0 Å². The third kappa shape index (κ3) is 6.04. The van der Waals surface area contributed by atoms with Crippen LogP contribution in [0.2, 0.25) is 0 Å². The fourth-order valence-electron chi connectivity index (χ4n) is 2.65. The summed E-state index contributed by atoms with van der Waals surface area (Å²) in [6, 6.07) is 16.8. The molecule has 0 spiro atoms. The number of aromatic nitrogens is 1. The second kappa shape index (κ2) is 10.4. The van der Waals surface area contributed by atoms with Gasteiger partial charge in [0.15, 0.2) is 0 Å². The van der Waals surface area contributed by atoms with E-state index in [9.17, 15) is 14.4 Å². The Morgan fingerprint density at radius 3 is 2.48 bits per heavy atom. The number of carbonyl (C=O) groups excluding carboxylic acids is 3. The second-order valence-corrected chi connectivity index (χ2v) is 6.33. The molecule has 1 aromatic heterocycles. The summed E-state index contributed by atoms with van der Waals surface area (Å²) in [7, 11) is 1.54. The zero-order valence-corrected chi connectivity index (χ0v) is 16.7. The second-order valence-electron chi connectivity index (χ2n) is 6.33. The standard InChI is InChI=1S/C22H21N5O4/c1-31-19-10-3-2-9-18(19)24-14-20(28)26-27-22(30)15-6-4-8-17(12-15)25-21(29)16-7-5-11-23-13-16/h2-13,24H,14H2,1H3,(H,25,29)(H,26,28)(H,27,30). The van der Waals surface area contributed by atoms with Crippen molar-refractivity contribution in [3.8, 4) is 5.75 Å². The smallest absolute Gasteiger partial charge is 0.269 e. The van der Waals surface area contributed by atoms with Crippen molar-refractivity contribution in [3.05, 3.63) is 84.2 Å². The van der Waals surface area contributed by atoms with E-state index < -0.39 is 11.8 Å². The van der Waals surface area contributed by atoms with Gasteiger partial charge in [-0.2, -0.15) is 0 Å². The van der Waals surface area contributed by atoms with Crippen molar-refractivity contribution in [2.75, 3.05) is 24.3 Å². The number of anilines is 2. The topological polar surface area (TPSA) is 121 Å². The van der Waals surface area contributed by atoms with Crippen molar-refractivity contribution < 1.29 is 19.1 Å². The molecule has 4 N–H and O–H groups in total. The summed E-state index contributed by atoms with van der Waals surface area (Å²) in [5.74, 6) is -0.714. The summed E-state index contributed by atoms with van der Waals surface area (Å²) in [6.45, 7) is -0.0676.